The number of rotatable bonds is 7. The molecular formula is C20H26N4O. The Morgan fingerprint density at radius 3 is 2.60 bits per heavy atom. The molecule has 0 aliphatic heterocycles. The van der Waals surface area contributed by atoms with Gasteiger partial charge in [-0.15, -0.1) is 5.10 Å². The van der Waals surface area contributed by atoms with Crippen LogP contribution in [-0.2, 0) is 0 Å². The summed E-state index contributed by atoms with van der Waals surface area (Å²) in [5.41, 5.74) is 2.45. The van der Waals surface area contributed by atoms with Crippen molar-refractivity contribution >= 4 is 5.91 Å². The highest BCUT2D eigenvalue weighted by molar-refractivity contribution is 5.93. The van der Waals surface area contributed by atoms with E-state index in [9.17, 15) is 4.79 Å². The van der Waals surface area contributed by atoms with Crippen LogP contribution in [0.5, 0.6) is 0 Å². The minimum atomic E-state index is -0.0736. The lowest BCUT2D eigenvalue weighted by atomic mass is 10.0. The Balaban J connectivity index is 1.41. The van der Waals surface area contributed by atoms with E-state index in [0.29, 0.717) is 11.6 Å². The maximum atomic E-state index is 12.6. The molecule has 1 heterocycles. The molecule has 132 valence electrons. The standard InChI is InChI=1S/C20H26N4O/c25-20(21-14-6-9-15-7-4-5-8-15)18-19(16-12-13-16)24(23-22-18)17-10-2-1-3-11-17/h1-3,10-11,15-16H,4-9,12-14H2,(H,21,25). The largest absolute Gasteiger partial charge is 0.351 e. The Morgan fingerprint density at radius 2 is 1.88 bits per heavy atom. The van der Waals surface area contributed by atoms with Gasteiger partial charge in [-0.2, -0.15) is 0 Å². The van der Waals surface area contributed by atoms with Gasteiger partial charge in [-0.25, -0.2) is 4.68 Å². The summed E-state index contributed by atoms with van der Waals surface area (Å²) in [7, 11) is 0. The van der Waals surface area contributed by atoms with E-state index in [2.05, 4.69) is 15.6 Å². The van der Waals surface area contributed by atoms with E-state index in [-0.39, 0.29) is 5.91 Å². The molecule has 0 spiro atoms. The maximum absolute atomic E-state index is 12.6. The first-order chi connectivity index (χ1) is 12.3. The van der Waals surface area contributed by atoms with Crippen LogP contribution in [0.15, 0.2) is 30.3 Å². The zero-order valence-corrected chi connectivity index (χ0v) is 14.7. The number of para-hydroxylation sites is 1. The van der Waals surface area contributed by atoms with E-state index in [1.807, 2.05) is 35.0 Å². The molecule has 1 aromatic heterocycles. The molecule has 2 fully saturated rings. The van der Waals surface area contributed by atoms with Crippen molar-refractivity contribution in [3.63, 3.8) is 0 Å². The number of carbonyl (C=O) groups is 1. The summed E-state index contributed by atoms with van der Waals surface area (Å²) in [6.45, 7) is 0.734. The van der Waals surface area contributed by atoms with Crippen molar-refractivity contribution in [3.8, 4) is 5.69 Å². The molecule has 25 heavy (non-hydrogen) atoms. The molecule has 0 atom stereocenters. The van der Waals surface area contributed by atoms with Crippen molar-refractivity contribution in [2.24, 2.45) is 5.92 Å². The van der Waals surface area contributed by atoms with Crippen LogP contribution in [-0.4, -0.2) is 27.4 Å². The van der Waals surface area contributed by atoms with Gasteiger partial charge >= 0.3 is 0 Å². The lowest BCUT2D eigenvalue weighted by Gasteiger charge is -2.10. The van der Waals surface area contributed by atoms with Crippen LogP contribution in [0.25, 0.3) is 5.69 Å². The zero-order valence-electron chi connectivity index (χ0n) is 14.7. The number of nitrogens with one attached hydrogen (secondary N) is 1. The van der Waals surface area contributed by atoms with Crippen molar-refractivity contribution in [2.75, 3.05) is 6.54 Å². The predicted octanol–water partition coefficient (Wildman–Crippen LogP) is 3.84. The van der Waals surface area contributed by atoms with Crippen molar-refractivity contribution in [3.05, 3.63) is 41.7 Å². The van der Waals surface area contributed by atoms with Gasteiger partial charge in [-0.3, -0.25) is 4.79 Å². The maximum Gasteiger partial charge on any atom is 0.273 e. The molecule has 0 bridgehead atoms. The van der Waals surface area contributed by atoms with E-state index in [1.165, 1.54) is 32.1 Å². The first kappa shape index (κ1) is 16.3. The van der Waals surface area contributed by atoms with Crippen LogP contribution >= 0.6 is 0 Å². The first-order valence-electron chi connectivity index (χ1n) is 9.62. The number of nitrogens with zero attached hydrogens (tertiary/aromatic N) is 3. The topological polar surface area (TPSA) is 59.8 Å². The molecule has 1 amide bonds. The second-order valence-electron chi connectivity index (χ2n) is 7.39. The molecule has 1 aromatic carbocycles. The minimum Gasteiger partial charge on any atom is -0.351 e. The summed E-state index contributed by atoms with van der Waals surface area (Å²) in [6, 6.07) is 9.95. The fraction of sp³-hybridized carbons (Fsp3) is 0.550. The SMILES string of the molecule is O=C(NCCCC1CCCC1)c1nnn(-c2ccccc2)c1C1CC1. The Morgan fingerprint density at radius 1 is 1.12 bits per heavy atom. The molecule has 2 aromatic rings. The fourth-order valence-electron chi connectivity index (χ4n) is 3.91. The molecule has 5 heteroatoms. The molecular weight excluding hydrogens is 312 g/mol. The third-order valence-corrected chi connectivity index (χ3v) is 5.43. The lowest BCUT2D eigenvalue weighted by Crippen LogP contribution is -2.26. The summed E-state index contributed by atoms with van der Waals surface area (Å²) < 4.78 is 1.84. The first-order valence-corrected chi connectivity index (χ1v) is 9.62. The van der Waals surface area contributed by atoms with E-state index < -0.39 is 0 Å². The van der Waals surface area contributed by atoms with Crippen molar-refractivity contribution in [1.29, 1.82) is 0 Å². The van der Waals surface area contributed by atoms with Gasteiger partial charge in [0.2, 0.25) is 0 Å². The van der Waals surface area contributed by atoms with Gasteiger partial charge < -0.3 is 5.32 Å². The number of amides is 1. The highest BCUT2D eigenvalue weighted by Crippen LogP contribution is 2.41. The highest BCUT2D eigenvalue weighted by atomic mass is 16.2. The Kier molecular flexibility index (Phi) is 4.81. The molecule has 0 saturated heterocycles. The summed E-state index contributed by atoms with van der Waals surface area (Å²) in [5, 5.41) is 11.5. The van der Waals surface area contributed by atoms with Gasteiger partial charge in [0.05, 0.1) is 11.4 Å². The number of hydrogen-bond donors (Lipinski definition) is 1. The second-order valence-corrected chi connectivity index (χ2v) is 7.39. The average Bonchev–Trinajstić information content (AvgIpc) is 3.18. The number of hydrogen-bond acceptors (Lipinski definition) is 3. The minimum absolute atomic E-state index is 0.0736. The Hall–Kier alpha value is -2.17. The smallest absolute Gasteiger partial charge is 0.273 e. The van der Waals surface area contributed by atoms with Crippen LogP contribution in [0.3, 0.4) is 0 Å². The highest BCUT2D eigenvalue weighted by Gasteiger charge is 2.34. The Bertz CT molecular complexity index is 715. The second kappa shape index (κ2) is 7.38. The third kappa shape index (κ3) is 3.75. The van der Waals surface area contributed by atoms with Crippen LogP contribution in [0.2, 0.25) is 0 Å². The summed E-state index contributed by atoms with van der Waals surface area (Å²) in [4.78, 5) is 12.6. The molecule has 0 unspecified atom stereocenters. The van der Waals surface area contributed by atoms with Gasteiger partial charge in [0.1, 0.15) is 0 Å². The van der Waals surface area contributed by atoms with Gasteiger partial charge in [0, 0.05) is 12.5 Å². The molecule has 2 aliphatic carbocycles. The molecule has 1 N–H and O–H groups in total. The van der Waals surface area contributed by atoms with Crippen molar-refractivity contribution in [2.45, 2.75) is 57.3 Å². The lowest BCUT2D eigenvalue weighted by molar-refractivity contribution is 0.0946. The summed E-state index contributed by atoms with van der Waals surface area (Å²) in [5.74, 6) is 1.21. The summed E-state index contributed by atoms with van der Waals surface area (Å²) in [6.07, 6.45) is 10.0. The number of carbonyl (C=O) groups excluding carboxylic acids is 1. The van der Waals surface area contributed by atoms with E-state index in [0.717, 1.165) is 43.1 Å². The summed E-state index contributed by atoms with van der Waals surface area (Å²) >= 11 is 0. The van der Waals surface area contributed by atoms with Crippen LogP contribution in [0, 0.1) is 5.92 Å². The fourth-order valence-corrected chi connectivity index (χ4v) is 3.91. The molecule has 5 nitrogen and oxygen atoms in total. The van der Waals surface area contributed by atoms with Crippen LogP contribution in [0.1, 0.15) is 73.5 Å². The third-order valence-electron chi connectivity index (χ3n) is 5.43. The quantitative estimate of drug-likeness (QED) is 0.780. The molecule has 0 radical (unpaired) electrons. The van der Waals surface area contributed by atoms with E-state index in [1.54, 1.807) is 0 Å². The van der Waals surface area contributed by atoms with Gasteiger partial charge in [-0.1, -0.05) is 49.1 Å². The van der Waals surface area contributed by atoms with E-state index in [4.69, 9.17) is 0 Å². The van der Waals surface area contributed by atoms with Gasteiger partial charge in [0.25, 0.3) is 5.91 Å². The molecule has 2 saturated carbocycles. The average molecular weight is 338 g/mol. The van der Waals surface area contributed by atoms with Gasteiger partial charge in [-0.05, 0) is 43.7 Å². The van der Waals surface area contributed by atoms with Crippen LogP contribution < -0.4 is 5.32 Å². The molecule has 2 aliphatic rings. The number of benzene rings is 1. The Labute approximate surface area is 148 Å². The van der Waals surface area contributed by atoms with Crippen LogP contribution in [0.4, 0.5) is 0 Å². The molecule has 4 rings (SSSR count). The number of aromatic nitrogens is 3. The van der Waals surface area contributed by atoms with E-state index >= 15 is 0 Å². The zero-order chi connectivity index (χ0) is 17.1. The normalized spacial score (nSPS) is 17.8. The monoisotopic (exact) mass is 338 g/mol. The van der Waals surface area contributed by atoms with Crippen molar-refractivity contribution in [1.82, 2.24) is 20.3 Å². The predicted molar refractivity (Wildman–Crippen MR) is 96.9 cm³/mol. The van der Waals surface area contributed by atoms with Crippen molar-refractivity contribution < 1.29 is 4.79 Å². The van der Waals surface area contributed by atoms with Gasteiger partial charge in [0.15, 0.2) is 5.69 Å².